The Morgan fingerprint density at radius 1 is 0.739 bits per heavy atom. The Balaban J connectivity index is 1.78. The summed E-state index contributed by atoms with van der Waals surface area (Å²) in [5.74, 6) is 2.48. The van der Waals surface area contributed by atoms with Gasteiger partial charge < -0.3 is 14.2 Å². The van der Waals surface area contributed by atoms with Crippen LogP contribution in [0.2, 0.25) is 0 Å². The average Bonchev–Trinajstić information content (AvgIpc) is 2.52. The summed E-state index contributed by atoms with van der Waals surface area (Å²) in [5, 5.41) is 0. The van der Waals surface area contributed by atoms with E-state index in [0.29, 0.717) is 19.8 Å². The zero-order chi connectivity index (χ0) is 16.7. The first kappa shape index (κ1) is 17.2. The van der Waals surface area contributed by atoms with E-state index in [9.17, 15) is 0 Å². The van der Waals surface area contributed by atoms with Gasteiger partial charge in [0.2, 0.25) is 0 Å². The molecule has 0 spiro atoms. The van der Waals surface area contributed by atoms with Gasteiger partial charge in [0.15, 0.2) is 0 Å². The Bertz CT molecular complexity index is 597. The van der Waals surface area contributed by atoms with E-state index in [1.807, 2.05) is 43.3 Å². The molecule has 3 heteroatoms. The van der Waals surface area contributed by atoms with E-state index in [-0.39, 0.29) is 5.41 Å². The monoisotopic (exact) mass is 314 g/mol. The lowest BCUT2D eigenvalue weighted by Gasteiger charge is -2.19. The van der Waals surface area contributed by atoms with E-state index in [1.54, 1.807) is 0 Å². The molecule has 2 aromatic carbocycles. The van der Waals surface area contributed by atoms with E-state index in [2.05, 4.69) is 32.9 Å². The molecule has 0 aliphatic rings. The summed E-state index contributed by atoms with van der Waals surface area (Å²) in [4.78, 5) is 0. The molecule has 0 bridgehead atoms. The Labute approximate surface area is 139 Å². The minimum Gasteiger partial charge on any atom is -0.494 e. The minimum absolute atomic E-state index is 0.160. The zero-order valence-corrected chi connectivity index (χ0v) is 14.5. The second-order valence-electron chi connectivity index (χ2n) is 6.38. The summed E-state index contributed by atoms with van der Waals surface area (Å²) >= 11 is 0. The van der Waals surface area contributed by atoms with Gasteiger partial charge in [-0.25, -0.2) is 0 Å². The predicted octanol–water partition coefficient (Wildman–Crippen LogP) is 4.84. The van der Waals surface area contributed by atoms with Crippen molar-refractivity contribution in [2.45, 2.75) is 33.1 Å². The second kappa shape index (κ2) is 7.91. The molecule has 23 heavy (non-hydrogen) atoms. The summed E-state index contributed by atoms with van der Waals surface area (Å²) in [6.45, 7) is 10.2. The number of rotatable bonds is 7. The fourth-order valence-electron chi connectivity index (χ4n) is 2.19. The van der Waals surface area contributed by atoms with Crippen molar-refractivity contribution in [3.8, 4) is 17.2 Å². The smallest absolute Gasteiger partial charge is 0.123 e. The Kier molecular flexibility index (Phi) is 5.91. The fourth-order valence-corrected chi connectivity index (χ4v) is 2.19. The SMILES string of the molecule is CCOc1cccc(OCCOc2ccc(C(C)(C)C)cc2)c1. The lowest BCUT2D eigenvalue weighted by Crippen LogP contribution is -2.11. The first-order valence-corrected chi connectivity index (χ1v) is 8.08. The van der Waals surface area contributed by atoms with Crippen molar-refractivity contribution >= 4 is 0 Å². The molecule has 0 aliphatic heterocycles. The zero-order valence-electron chi connectivity index (χ0n) is 14.5. The first-order chi connectivity index (χ1) is 11.0. The van der Waals surface area contributed by atoms with Gasteiger partial charge in [-0.15, -0.1) is 0 Å². The largest absolute Gasteiger partial charge is 0.494 e. The average molecular weight is 314 g/mol. The van der Waals surface area contributed by atoms with Crippen LogP contribution in [0.4, 0.5) is 0 Å². The molecule has 0 aromatic heterocycles. The third kappa shape index (κ3) is 5.51. The van der Waals surface area contributed by atoms with Crippen LogP contribution in [0.3, 0.4) is 0 Å². The molecule has 3 nitrogen and oxygen atoms in total. The summed E-state index contributed by atoms with van der Waals surface area (Å²) in [6.07, 6.45) is 0. The first-order valence-electron chi connectivity index (χ1n) is 8.08. The van der Waals surface area contributed by atoms with Gasteiger partial charge in [-0.2, -0.15) is 0 Å². The molecule has 0 fully saturated rings. The highest BCUT2D eigenvalue weighted by molar-refractivity contribution is 5.33. The lowest BCUT2D eigenvalue weighted by atomic mass is 9.87. The van der Waals surface area contributed by atoms with Crippen molar-refractivity contribution in [2.75, 3.05) is 19.8 Å². The Morgan fingerprint density at radius 2 is 1.30 bits per heavy atom. The van der Waals surface area contributed by atoms with Crippen LogP contribution in [0.5, 0.6) is 17.2 Å². The van der Waals surface area contributed by atoms with Crippen molar-refractivity contribution in [1.29, 1.82) is 0 Å². The maximum atomic E-state index is 5.72. The van der Waals surface area contributed by atoms with Crippen LogP contribution in [-0.2, 0) is 5.41 Å². The summed E-state index contributed by atoms with van der Waals surface area (Å²) in [6, 6.07) is 15.9. The van der Waals surface area contributed by atoms with Crippen molar-refractivity contribution in [2.24, 2.45) is 0 Å². The van der Waals surface area contributed by atoms with Crippen LogP contribution in [0.1, 0.15) is 33.3 Å². The summed E-state index contributed by atoms with van der Waals surface area (Å²) < 4.78 is 16.9. The Morgan fingerprint density at radius 3 is 1.87 bits per heavy atom. The topological polar surface area (TPSA) is 27.7 Å². The molecule has 0 saturated heterocycles. The number of benzene rings is 2. The van der Waals surface area contributed by atoms with E-state index in [0.717, 1.165) is 17.2 Å². The van der Waals surface area contributed by atoms with Gasteiger partial charge in [-0.05, 0) is 42.2 Å². The number of hydrogen-bond donors (Lipinski definition) is 0. The molecule has 0 heterocycles. The molecule has 0 amide bonds. The van der Waals surface area contributed by atoms with Crippen molar-refractivity contribution in [1.82, 2.24) is 0 Å². The van der Waals surface area contributed by atoms with Gasteiger partial charge in [0, 0.05) is 6.07 Å². The van der Waals surface area contributed by atoms with Crippen LogP contribution < -0.4 is 14.2 Å². The maximum Gasteiger partial charge on any atom is 0.123 e. The minimum atomic E-state index is 0.160. The van der Waals surface area contributed by atoms with Crippen LogP contribution >= 0.6 is 0 Å². The van der Waals surface area contributed by atoms with Gasteiger partial charge in [-0.1, -0.05) is 39.0 Å². The highest BCUT2D eigenvalue weighted by atomic mass is 16.5. The van der Waals surface area contributed by atoms with Gasteiger partial charge in [0.1, 0.15) is 30.5 Å². The molecular formula is C20H26O3. The highest BCUT2D eigenvalue weighted by Crippen LogP contribution is 2.24. The molecule has 0 radical (unpaired) electrons. The molecule has 0 unspecified atom stereocenters. The molecule has 2 rings (SSSR count). The standard InChI is InChI=1S/C20H26O3/c1-5-21-18-7-6-8-19(15-18)23-14-13-22-17-11-9-16(10-12-17)20(2,3)4/h6-12,15H,5,13-14H2,1-4H3. The third-order valence-corrected chi connectivity index (χ3v) is 3.46. The highest BCUT2D eigenvalue weighted by Gasteiger charge is 2.12. The van der Waals surface area contributed by atoms with Crippen molar-refractivity contribution in [3.05, 3.63) is 54.1 Å². The maximum absolute atomic E-state index is 5.72. The molecule has 0 aliphatic carbocycles. The van der Waals surface area contributed by atoms with E-state index in [1.165, 1.54) is 5.56 Å². The Hall–Kier alpha value is -2.16. The van der Waals surface area contributed by atoms with E-state index in [4.69, 9.17) is 14.2 Å². The normalized spacial score (nSPS) is 11.1. The van der Waals surface area contributed by atoms with Crippen LogP contribution in [0.15, 0.2) is 48.5 Å². The molecule has 2 aromatic rings. The third-order valence-electron chi connectivity index (χ3n) is 3.46. The molecular weight excluding hydrogens is 288 g/mol. The lowest BCUT2D eigenvalue weighted by molar-refractivity contribution is 0.216. The van der Waals surface area contributed by atoms with Gasteiger partial charge in [0.05, 0.1) is 6.61 Å². The van der Waals surface area contributed by atoms with E-state index < -0.39 is 0 Å². The second-order valence-corrected chi connectivity index (χ2v) is 6.38. The van der Waals surface area contributed by atoms with E-state index >= 15 is 0 Å². The van der Waals surface area contributed by atoms with Gasteiger partial charge >= 0.3 is 0 Å². The molecule has 124 valence electrons. The number of ether oxygens (including phenoxy) is 3. The molecule has 0 N–H and O–H groups in total. The van der Waals surface area contributed by atoms with Crippen molar-refractivity contribution < 1.29 is 14.2 Å². The van der Waals surface area contributed by atoms with Gasteiger partial charge in [-0.3, -0.25) is 0 Å². The van der Waals surface area contributed by atoms with Crippen LogP contribution in [0, 0.1) is 0 Å². The summed E-state index contributed by atoms with van der Waals surface area (Å²) in [5.41, 5.74) is 1.46. The fraction of sp³-hybridized carbons (Fsp3) is 0.400. The number of hydrogen-bond acceptors (Lipinski definition) is 3. The van der Waals surface area contributed by atoms with Crippen LogP contribution in [-0.4, -0.2) is 19.8 Å². The van der Waals surface area contributed by atoms with Crippen LogP contribution in [0.25, 0.3) is 0 Å². The predicted molar refractivity (Wildman–Crippen MR) is 93.7 cm³/mol. The summed E-state index contributed by atoms with van der Waals surface area (Å²) in [7, 11) is 0. The van der Waals surface area contributed by atoms with Gasteiger partial charge in [0.25, 0.3) is 0 Å². The molecule has 0 atom stereocenters. The van der Waals surface area contributed by atoms with Crippen molar-refractivity contribution in [3.63, 3.8) is 0 Å². The quantitative estimate of drug-likeness (QED) is 0.684. The molecule has 0 saturated carbocycles.